The van der Waals surface area contributed by atoms with Crippen molar-refractivity contribution in [1.82, 2.24) is 0 Å². The van der Waals surface area contributed by atoms with Crippen LogP contribution in [0.25, 0.3) is 0 Å². The van der Waals surface area contributed by atoms with E-state index in [1.165, 1.54) is 6.07 Å². The van der Waals surface area contributed by atoms with E-state index in [9.17, 15) is 13.2 Å². The molecular weight excluding hydrogens is 196 g/mol. The summed E-state index contributed by atoms with van der Waals surface area (Å²) in [6.45, 7) is 1.58. The molecule has 0 atom stereocenters. The average molecular weight is 204 g/mol. The van der Waals surface area contributed by atoms with Crippen LogP contribution in [0.4, 0.5) is 13.2 Å². The van der Waals surface area contributed by atoms with E-state index in [0.717, 1.165) is 12.1 Å². The molecular formula is C8H8BF3O2. The number of halogens is 3. The fraction of sp³-hybridized carbons (Fsp3) is 0.250. The number of alkyl halides is 3. The minimum atomic E-state index is -4.56. The standard InChI is InChI=1S/C8H8BF3O2/c1-5-2-3-6(8(10,11)12)7(4-5)9(13)14/h2-4,13-14H,1H3. The second kappa shape index (κ2) is 3.63. The van der Waals surface area contributed by atoms with Gasteiger partial charge in [-0.15, -0.1) is 0 Å². The molecule has 0 saturated carbocycles. The van der Waals surface area contributed by atoms with Crippen molar-refractivity contribution in [1.29, 1.82) is 0 Å². The molecule has 0 spiro atoms. The first-order valence-corrected chi connectivity index (χ1v) is 3.86. The van der Waals surface area contributed by atoms with E-state index in [1.54, 1.807) is 6.92 Å². The summed E-state index contributed by atoms with van der Waals surface area (Å²) in [5.74, 6) is 0. The summed E-state index contributed by atoms with van der Waals surface area (Å²) in [5, 5.41) is 17.5. The van der Waals surface area contributed by atoms with Crippen LogP contribution >= 0.6 is 0 Å². The molecule has 0 aliphatic carbocycles. The van der Waals surface area contributed by atoms with Gasteiger partial charge in [0.2, 0.25) is 0 Å². The number of hydrogen-bond acceptors (Lipinski definition) is 2. The van der Waals surface area contributed by atoms with E-state index in [4.69, 9.17) is 10.0 Å². The van der Waals surface area contributed by atoms with E-state index >= 15 is 0 Å². The zero-order chi connectivity index (χ0) is 10.9. The Hall–Kier alpha value is -1.01. The van der Waals surface area contributed by atoms with Gasteiger partial charge in [-0.05, 0) is 12.4 Å². The summed E-state index contributed by atoms with van der Waals surface area (Å²) in [7, 11) is -2.11. The molecule has 0 heterocycles. The van der Waals surface area contributed by atoms with Crippen molar-refractivity contribution >= 4 is 12.6 Å². The molecule has 1 aromatic carbocycles. The lowest BCUT2D eigenvalue weighted by Crippen LogP contribution is -2.36. The van der Waals surface area contributed by atoms with Crippen molar-refractivity contribution in [2.75, 3.05) is 0 Å². The SMILES string of the molecule is Cc1ccc(C(F)(F)F)c(B(O)O)c1. The van der Waals surface area contributed by atoms with Crippen molar-refractivity contribution in [3.8, 4) is 0 Å². The van der Waals surface area contributed by atoms with Gasteiger partial charge in [0.15, 0.2) is 0 Å². The van der Waals surface area contributed by atoms with Gasteiger partial charge >= 0.3 is 13.3 Å². The molecule has 2 nitrogen and oxygen atoms in total. The van der Waals surface area contributed by atoms with Gasteiger partial charge in [-0.25, -0.2) is 0 Å². The summed E-state index contributed by atoms with van der Waals surface area (Å²) < 4.78 is 37.0. The number of benzene rings is 1. The third-order valence-corrected chi connectivity index (χ3v) is 1.79. The normalized spacial score (nSPS) is 11.6. The molecule has 76 valence electrons. The van der Waals surface area contributed by atoms with Crippen molar-refractivity contribution in [3.05, 3.63) is 29.3 Å². The van der Waals surface area contributed by atoms with Crippen LogP contribution in [0.3, 0.4) is 0 Å². The molecule has 0 aliphatic rings. The largest absolute Gasteiger partial charge is 0.489 e. The Morgan fingerprint density at radius 1 is 1.21 bits per heavy atom. The van der Waals surface area contributed by atoms with Gasteiger partial charge in [-0.1, -0.05) is 23.8 Å². The minimum absolute atomic E-state index is 0.516. The smallest absolute Gasteiger partial charge is 0.423 e. The highest BCUT2D eigenvalue weighted by Gasteiger charge is 2.35. The lowest BCUT2D eigenvalue weighted by atomic mass is 9.76. The lowest BCUT2D eigenvalue weighted by Gasteiger charge is -2.12. The van der Waals surface area contributed by atoms with Crippen LogP contribution in [0.5, 0.6) is 0 Å². The van der Waals surface area contributed by atoms with Crippen LogP contribution in [0, 0.1) is 6.92 Å². The van der Waals surface area contributed by atoms with Crippen LogP contribution in [0.2, 0.25) is 0 Å². The van der Waals surface area contributed by atoms with E-state index < -0.39 is 24.3 Å². The lowest BCUT2D eigenvalue weighted by molar-refractivity contribution is -0.136. The Morgan fingerprint density at radius 3 is 2.21 bits per heavy atom. The van der Waals surface area contributed by atoms with Crippen molar-refractivity contribution < 1.29 is 23.2 Å². The van der Waals surface area contributed by atoms with Gasteiger partial charge in [-0.2, -0.15) is 13.2 Å². The van der Waals surface area contributed by atoms with Gasteiger partial charge in [0.25, 0.3) is 0 Å². The molecule has 0 radical (unpaired) electrons. The van der Waals surface area contributed by atoms with E-state index in [-0.39, 0.29) is 0 Å². The Balaban J connectivity index is 3.29. The molecule has 0 saturated heterocycles. The van der Waals surface area contributed by atoms with Crippen LogP contribution < -0.4 is 5.46 Å². The van der Waals surface area contributed by atoms with Crippen LogP contribution in [0.15, 0.2) is 18.2 Å². The summed E-state index contributed by atoms with van der Waals surface area (Å²) in [6, 6.07) is 3.21. The number of rotatable bonds is 1. The molecule has 14 heavy (non-hydrogen) atoms. The molecule has 6 heteroatoms. The van der Waals surface area contributed by atoms with Gasteiger partial charge in [0.05, 0.1) is 5.56 Å². The maximum Gasteiger partial charge on any atom is 0.489 e. The zero-order valence-electron chi connectivity index (χ0n) is 7.34. The van der Waals surface area contributed by atoms with E-state index in [0.29, 0.717) is 5.56 Å². The molecule has 0 amide bonds. The first-order chi connectivity index (χ1) is 6.32. The molecule has 0 unspecified atom stereocenters. The Bertz CT molecular complexity index is 336. The zero-order valence-corrected chi connectivity index (χ0v) is 7.34. The first kappa shape index (κ1) is 11.1. The second-order valence-corrected chi connectivity index (χ2v) is 2.96. The predicted octanol–water partition coefficient (Wildman–Crippen LogP) is 0.694. The molecule has 0 fully saturated rings. The Kier molecular flexibility index (Phi) is 2.87. The molecule has 0 bridgehead atoms. The molecule has 1 rings (SSSR count). The summed E-state index contributed by atoms with van der Waals surface area (Å²) in [4.78, 5) is 0. The molecule has 2 N–H and O–H groups in total. The highest BCUT2D eigenvalue weighted by atomic mass is 19.4. The topological polar surface area (TPSA) is 40.5 Å². The monoisotopic (exact) mass is 204 g/mol. The number of hydrogen-bond donors (Lipinski definition) is 2. The molecule has 0 aliphatic heterocycles. The fourth-order valence-electron chi connectivity index (χ4n) is 1.15. The fourth-order valence-corrected chi connectivity index (χ4v) is 1.15. The predicted molar refractivity (Wildman–Crippen MR) is 46.0 cm³/mol. The highest BCUT2D eigenvalue weighted by molar-refractivity contribution is 6.59. The number of aryl methyl sites for hydroxylation is 1. The third-order valence-electron chi connectivity index (χ3n) is 1.79. The van der Waals surface area contributed by atoms with Crippen molar-refractivity contribution in [3.63, 3.8) is 0 Å². The van der Waals surface area contributed by atoms with Gasteiger partial charge < -0.3 is 10.0 Å². The summed E-state index contributed by atoms with van der Waals surface area (Å²) in [5.41, 5.74) is -0.989. The maximum absolute atomic E-state index is 12.3. The van der Waals surface area contributed by atoms with E-state index in [2.05, 4.69) is 0 Å². The van der Waals surface area contributed by atoms with Crippen LogP contribution in [-0.2, 0) is 6.18 Å². The highest BCUT2D eigenvalue weighted by Crippen LogP contribution is 2.28. The van der Waals surface area contributed by atoms with Gasteiger partial charge in [0.1, 0.15) is 0 Å². The maximum atomic E-state index is 12.3. The first-order valence-electron chi connectivity index (χ1n) is 3.86. The Morgan fingerprint density at radius 2 is 1.79 bits per heavy atom. The van der Waals surface area contributed by atoms with Gasteiger partial charge in [-0.3, -0.25) is 0 Å². The second-order valence-electron chi connectivity index (χ2n) is 2.96. The average Bonchev–Trinajstić information content (AvgIpc) is 2.01. The summed E-state index contributed by atoms with van der Waals surface area (Å²) in [6.07, 6.45) is -4.56. The van der Waals surface area contributed by atoms with E-state index in [1.807, 2.05) is 0 Å². The van der Waals surface area contributed by atoms with Crippen molar-refractivity contribution in [2.24, 2.45) is 0 Å². The summed E-state index contributed by atoms with van der Waals surface area (Å²) >= 11 is 0. The third kappa shape index (κ3) is 2.27. The van der Waals surface area contributed by atoms with Crippen molar-refractivity contribution in [2.45, 2.75) is 13.1 Å². The molecule has 1 aromatic rings. The Labute approximate surface area is 79.1 Å². The van der Waals surface area contributed by atoms with Gasteiger partial charge in [0, 0.05) is 0 Å². The van der Waals surface area contributed by atoms with Crippen LogP contribution in [-0.4, -0.2) is 17.2 Å². The van der Waals surface area contributed by atoms with Crippen LogP contribution in [0.1, 0.15) is 11.1 Å². The minimum Gasteiger partial charge on any atom is -0.423 e. The molecule has 0 aromatic heterocycles. The quantitative estimate of drug-likeness (QED) is 0.660.